The SMILES string of the molecule is CC(C)NCC1CCCO1.CC(C)NCc1ccccc1.CC(C)NCc1ccccn1.CC(C)Nc1ccccc1.COc1ccc(CNC(C)C)cc1OC. The summed E-state index contributed by atoms with van der Waals surface area (Å²) in [6.07, 6.45) is 4.78. The van der Waals surface area contributed by atoms with Crippen molar-refractivity contribution in [2.75, 3.05) is 32.7 Å². The average molecular weight is 787 g/mol. The second kappa shape index (κ2) is 32.0. The van der Waals surface area contributed by atoms with Crippen LogP contribution in [0.15, 0.2) is 103 Å². The van der Waals surface area contributed by atoms with Gasteiger partial charge in [0.2, 0.25) is 0 Å². The van der Waals surface area contributed by atoms with Gasteiger partial charge < -0.3 is 40.8 Å². The maximum absolute atomic E-state index is 5.44. The topological polar surface area (TPSA) is 101 Å². The van der Waals surface area contributed by atoms with Gasteiger partial charge in [-0.1, -0.05) is 116 Å². The zero-order valence-corrected chi connectivity index (χ0v) is 37.4. The van der Waals surface area contributed by atoms with Crippen molar-refractivity contribution in [3.63, 3.8) is 0 Å². The van der Waals surface area contributed by atoms with E-state index in [0.717, 1.165) is 50.0 Å². The van der Waals surface area contributed by atoms with Crippen molar-refractivity contribution in [3.05, 3.63) is 120 Å². The van der Waals surface area contributed by atoms with Crippen LogP contribution in [0.4, 0.5) is 5.69 Å². The van der Waals surface area contributed by atoms with Crippen LogP contribution in [0, 0.1) is 0 Å². The van der Waals surface area contributed by atoms with Crippen LogP contribution in [0.25, 0.3) is 0 Å². The number of anilines is 1. The third-order valence-corrected chi connectivity index (χ3v) is 8.14. The van der Waals surface area contributed by atoms with Crippen molar-refractivity contribution in [1.82, 2.24) is 26.3 Å². The van der Waals surface area contributed by atoms with Gasteiger partial charge in [0.1, 0.15) is 0 Å². The number of hydrogen-bond acceptors (Lipinski definition) is 9. The molecule has 9 nitrogen and oxygen atoms in total. The average Bonchev–Trinajstić information content (AvgIpc) is 3.74. The zero-order valence-electron chi connectivity index (χ0n) is 37.4. The lowest BCUT2D eigenvalue weighted by molar-refractivity contribution is 0.108. The molecule has 57 heavy (non-hydrogen) atoms. The van der Waals surface area contributed by atoms with Gasteiger partial charge in [-0.25, -0.2) is 0 Å². The summed E-state index contributed by atoms with van der Waals surface area (Å²) >= 11 is 0. The Morgan fingerprint density at radius 1 is 0.579 bits per heavy atom. The molecule has 1 aromatic heterocycles. The molecule has 1 aliphatic rings. The first kappa shape index (κ1) is 51.0. The Kier molecular flexibility index (Phi) is 28.7. The summed E-state index contributed by atoms with van der Waals surface area (Å²) in [4.78, 5) is 4.19. The van der Waals surface area contributed by atoms with Crippen LogP contribution in [0.5, 0.6) is 11.5 Å². The Balaban J connectivity index is 0.000000359. The van der Waals surface area contributed by atoms with E-state index in [2.05, 4.69) is 137 Å². The van der Waals surface area contributed by atoms with Gasteiger partial charge in [0.25, 0.3) is 0 Å². The zero-order chi connectivity index (χ0) is 42.3. The number of aromatic nitrogens is 1. The second-order valence-electron chi connectivity index (χ2n) is 15.5. The molecule has 0 bridgehead atoms. The number of rotatable bonds is 16. The van der Waals surface area contributed by atoms with Gasteiger partial charge >= 0.3 is 0 Å². The minimum Gasteiger partial charge on any atom is -0.493 e. The first-order chi connectivity index (χ1) is 27.3. The third-order valence-electron chi connectivity index (χ3n) is 8.14. The molecule has 0 saturated carbocycles. The minimum atomic E-state index is 0.484. The van der Waals surface area contributed by atoms with Gasteiger partial charge in [-0.15, -0.1) is 0 Å². The van der Waals surface area contributed by atoms with Gasteiger partial charge in [-0.3, -0.25) is 4.98 Å². The minimum absolute atomic E-state index is 0.484. The van der Waals surface area contributed by atoms with Crippen LogP contribution in [0.1, 0.15) is 98.9 Å². The van der Waals surface area contributed by atoms with Gasteiger partial charge in [0.05, 0.1) is 26.0 Å². The number of benzene rings is 3. The molecule has 1 fully saturated rings. The van der Waals surface area contributed by atoms with Gasteiger partial charge in [-0.05, 0) is 74.2 Å². The first-order valence-electron chi connectivity index (χ1n) is 20.8. The summed E-state index contributed by atoms with van der Waals surface area (Å²) < 4.78 is 15.8. The molecule has 5 rings (SSSR count). The fourth-order valence-corrected chi connectivity index (χ4v) is 5.08. The number of methoxy groups -OCH3 is 2. The molecular formula is C48H78N6O3. The molecule has 2 heterocycles. The summed E-state index contributed by atoms with van der Waals surface area (Å²) in [5.74, 6) is 1.55. The van der Waals surface area contributed by atoms with Crippen molar-refractivity contribution >= 4 is 5.69 Å². The molecule has 1 atom stereocenters. The van der Waals surface area contributed by atoms with E-state index >= 15 is 0 Å². The first-order valence-corrected chi connectivity index (χ1v) is 20.8. The van der Waals surface area contributed by atoms with E-state index in [9.17, 15) is 0 Å². The Bertz CT molecular complexity index is 1430. The van der Waals surface area contributed by atoms with Crippen molar-refractivity contribution < 1.29 is 14.2 Å². The standard InChI is InChI=1S/C12H19NO2.C10H15N.C9H14N2.C9H13N.C8H17NO/c1-9(2)13-8-10-5-6-11(14-3)12(7-10)15-4;1-9(2)11-8-10-6-4-3-5-7-10;1-8(2)11-7-9-5-3-4-6-10-9;1-8(2)10-9-6-4-3-5-7-9;1-7(2)9-6-8-4-3-5-10-8/h5-7,9,13H,8H2,1-4H3;3-7,9,11H,8H2,1-2H3;3-6,8,11H,7H2,1-2H3;3-8,10H,1-2H3;7-9H,3-6H2,1-2H3. The fourth-order valence-electron chi connectivity index (χ4n) is 5.08. The summed E-state index contributed by atoms with van der Waals surface area (Å²) in [6.45, 7) is 26.1. The molecule has 9 heteroatoms. The van der Waals surface area contributed by atoms with Gasteiger partial charge in [0.15, 0.2) is 11.5 Å². The maximum atomic E-state index is 5.44. The number of ether oxygens (including phenoxy) is 3. The molecular weight excluding hydrogens is 709 g/mol. The highest BCUT2D eigenvalue weighted by Crippen LogP contribution is 2.27. The molecule has 0 aliphatic carbocycles. The maximum Gasteiger partial charge on any atom is 0.161 e. The lowest BCUT2D eigenvalue weighted by Crippen LogP contribution is -2.31. The van der Waals surface area contributed by atoms with E-state index in [-0.39, 0.29) is 0 Å². The molecule has 0 amide bonds. The van der Waals surface area contributed by atoms with Crippen molar-refractivity contribution in [2.45, 2.75) is 138 Å². The summed E-state index contributed by atoms with van der Waals surface area (Å²) in [7, 11) is 3.29. The third kappa shape index (κ3) is 28.1. The van der Waals surface area contributed by atoms with E-state index in [1.165, 1.54) is 29.7 Å². The predicted molar refractivity (Wildman–Crippen MR) is 243 cm³/mol. The number of para-hydroxylation sites is 1. The number of pyridine rings is 1. The lowest BCUT2D eigenvalue weighted by Gasteiger charge is -2.12. The summed E-state index contributed by atoms with van der Waals surface area (Å²) in [5, 5.41) is 16.7. The van der Waals surface area contributed by atoms with Crippen LogP contribution >= 0.6 is 0 Å². The van der Waals surface area contributed by atoms with Crippen LogP contribution < -0.4 is 36.1 Å². The lowest BCUT2D eigenvalue weighted by atomic mass is 10.2. The Hall–Kier alpha value is -3.99. The highest BCUT2D eigenvalue weighted by molar-refractivity contribution is 5.43. The fraction of sp³-hybridized carbons (Fsp3) is 0.521. The van der Waals surface area contributed by atoms with Crippen LogP contribution in [0.3, 0.4) is 0 Å². The van der Waals surface area contributed by atoms with Gasteiger partial charge in [0, 0.05) is 74.9 Å². The van der Waals surface area contributed by atoms with E-state index in [0.29, 0.717) is 36.3 Å². The Morgan fingerprint density at radius 2 is 1.12 bits per heavy atom. The van der Waals surface area contributed by atoms with E-state index in [4.69, 9.17) is 14.2 Å². The van der Waals surface area contributed by atoms with E-state index < -0.39 is 0 Å². The van der Waals surface area contributed by atoms with Crippen molar-refractivity contribution in [1.29, 1.82) is 0 Å². The molecule has 5 N–H and O–H groups in total. The highest BCUT2D eigenvalue weighted by atomic mass is 16.5. The normalized spacial score (nSPS) is 13.1. The summed E-state index contributed by atoms with van der Waals surface area (Å²) in [5.41, 5.74) is 4.83. The number of nitrogens with zero attached hydrogens (tertiary/aromatic N) is 1. The molecule has 318 valence electrons. The van der Waals surface area contributed by atoms with Gasteiger partial charge in [-0.2, -0.15) is 0 Å². The molecule has 1 unspecified atom stereocenters. The largest absolute Gasteiger partial charge is 0.493 e. The molecule has 1 saturated heterocycles. The molecule has 0 spiro atoms. The Labute approximate surface area is 347 Å². The Morgan fingerprint density at radius 3 is 1.61 bits per heavy atom. The number of hydrogen-bond donors (Lipinski definition) is 5. The number of nitrogens with one attached hydrogen (secondary N) is 5. The molecule has 4 aromatic rings. The highest BCUT2D eigenvalue weighted by Gasteiger charge is 2.14. The van der Waals surface area contributed by atoms with E-state index in [1.54, 1.807) is 14.2 Å². The molecule has 0 radical (unpaired) electrons. The van der Waals surface area contributed by atoms with Crippen LogP contribution in [-0.2, 0) is 24.4 Å². The smallest absolute Gasteiger partial charge is 0.161 e. The van der Waals surface area contributed by atoms with Crippen molar-refractivity contribution in [3.8, 4) is 11.5 Å². The molecule has 3 aromatic carbocycles. The quantitative estimate of drug-likeness (QED) is 0.0761. The monoisotopic (exact) mass is 787 g/mol. The van der Waals surface area contributed by atoms with Crippen LogP contribution in [-0.4, -0.2) is 68.7 Å². The van der Waals surface area contributed by atoms with E-state index in [1.807, 2.05) is 66.9 Å². The predicted octanol–water partition coefficient (Wildman–Crippen LogP) is 9.64. The van der Waals surface area contributed by atoms with Crippen LogP contribution in [0.2, 0.25) is 0 Å². The summed E-state index contributed by atoms with van der Waals surface area (Å²) in [6, 6.07) is 35.3. The second-order valence-corrected chi connectivity index (χ2v) is 15.5. The van der Waals surface area contributed by atoms with Crippen molar-refractivity contribution in [2.24, 2.45) is 0 Å². The molecule has 1 aliphatic heterocycles.